The van der Waals surface area contributed by atoms with E-state index in [9.17, 15) is 4.79 Å². The lowest BCUT2D eigenvalue weighted by Crippen LogP contribution is -2.28. The third kappa shape index (κ3) is 4.67. The smallest absolute Gasteiger partial charge is 0.224 e. The number of amides is 1. The second kappa shape index (κ2) is 8.10. The molecule has 6 heteroatoms. The molecule has 0 aliphatic heterocycles. The van der Waals surface area contributed by atoms with E-state index in [1.54, 1.807) is 19.5 Å². The van der Waals surface area contributed by atoms with E-state index in [1.165, 1.54) is 0 Å². The van der Waals surface area contributed by atoms with Crippen molar-refractivity contribution >= 4 is 5.91 Å². The highest BCUT2D eigenvalue weighted by Gasteiger charge is 2.05. The van der Waals surface area contributed by atoms with Crippen molar-refractivity contribution in [3.63, 3.8) is 0 Å². The first-order valence-corrected chi connectivity index (χ1v) is 8.08. The quantitative estimate of drug-likeness (QED) is 0.719. The Labute approximate surface area is 146 Å². The molecule has 25 heavy (non-hydrogen) atoms. The van der Waals surface area contributed by atoms with Crippen molar-refractivity contribution in [2.75, 3.05) is 13.7 Å². The van der Waals surface area contributed by atoms with Crippen LogP contribution in [0.5, 0.6) is 5.75 Å². The summed E-state index contributed by atoms with van der Waals surface area (Å²) in [7, 11) is 1.61. The molecule has 0 saturated heterocycles. The maximum atomic E-state index is 12.0. The lowest BCUT2D eigenvalue weighted by molar-refractivity contribution is -0.120. The van der Waals surface area contributed by atoms with Crippen molar-refractivity contribution in [3.05, 3.63) is 66.6 Å². The predicted molar refractivity (Wildman–Crippen MR) is 95.2 cm³/mol. The van der Waals surface area contributed by atoms with Crippen LogP contribution in [0.1, 0.15) is 5.56 Å². The molecule has 0 bridgehead atoms. The molecular formula is C19H20N4O2. The molecule has 0 fully saturated rings. The van der Waals surface area contributed by atoms with E-state index < -0.39 is 0 Å². The van der Waals surface area contributed by atoms with E-state index in [4.69, 9.17) is 4.74 Å². The van der Waals surface area contributed by atoms with Gasteiger partial charge in [-0.25, -0.2) is 0 Å². The molecular weight excluding hydrogens is 316 g/mol. The zero-order chi connectivity index (χ0) is 17.5. The predicted octanol–water partition coefficient (Wildman–Crippen LogP) is 2.31. The number of hydrogen-bond acceptors (Lipinski definition) is 4. The zero-order valence-electron chi connectivity index (χ0n) is 14.1. The standard InChI is InChI=1S/C19H20N4O2/c1-25-17-4-2-3-15(13-17)14-19(24)21-10-12-23-11-7-18(22-23)16-5-8-20-9-6-16/h2-9,11,13H,10,12,14H2,1H3,(H,21,24). The van der Waals surface area contributed by atoms with Gasteiger partial charge in [0.2, 0.25) is 5.91 Å². The first-order chi connectivity index (χ1) is 12.2. The molecule has 0 unspecified atom stereocenters. The minimum absolute atomic E-state index is 0.0187. The third-order valence-electron chi connectivity index (χ3n) is 3.78. The molecule has 1 aromatic carbocycles. The zero-order valence-corrected chi connectivity index (χ0v) is 14.1. The maximum Gasteiger partial charge on any atom is 0.224 e. The average Bonchev–Trinajstić information content (AvgIpc) is 3.11. The second-order valence-electron chi connectivity index (χ2n) is 5.58. The number of carbonyl (C=O) groups is 1. The Morgan fingerprint density at radius 2 is 2.04 bits per heavy atom. The van der Waals surface area contributed by atoms with E-state index in [1.807, 2.05) is 53.3 Å². The van der Waals surface area contributed by atoms with E-state index >= 15 is 0 Å². The first kappa shape index (κ1) is 16.7. The molecule has 3 aromatic rings. The van der Waals surface area contributed by atoms with Crippen LogP contribution in [0.2, 0.25) is 0 Å². The minimum atomic E-state index is -0.0187. The third-order valence-corrected chi connectivity index (χ3v) is 3.78. The summed E-state index contributed by atoms with van der Waals surface area (Å²) in [5, 5.41) is 7.42. The van der Waals surface area contributed by atoms with Gasteiger partial charge < -0.3 is 10.1 Å². The van der Waals surface area contributed by atoms with Crippen molar-refractivity contribution in [3.8, 4) is 17.0 Å². The van der Waals surface area contributed by atoms with E-state index in [0.29, 0.717) is 19.5 Å². The number of nitrogens with one attached hydrogen (secondary N) is 1. The van der Waals surface area contributed by atoms with Crippen LogP contribution in [0.4, 0.5) is 0 Å². The van der Waals surface area contributed by atoms with Gasteiger partial charge in [-0.1, -0.05) is 12.1 Å². The molecule has 6 nitrogen and oxygen atoms in total. The number of nitrogens with zero attached hydrogens (tertiary/aromatic N) is 3. The van der Waals surface area contributed by atoms with E-state index in [2.05, 4.69) is 15.4 Å². The Balaban J connectivity index is 1.48. The number of rotatable bonds is 7. The van der Waals surface area contributed by atoms with Crippen molar-refractivity contribution in [2.45, 2.75) is 13.0 Å². The van der Waals surface area contributed by atoms with Gasteiger partial charge in [-0.3, -0.25) is 14.5 Å². The highest BCUT2D eigenvalue weighted by molar-refractivity contribution is 5.78. The molecule has 128 valence electrons. The van der Waals surface area contributed by atoms with Gasteiger partial charge in [0.05, 0.1) is 25.8 Å². The van der Waals surface area contributed by atoms with Crippen LogP contribution in [0.3, 0.4) is 0 Å². The van der Waals surface area contributed by atoms with Gasteiger partial charge in [0.15, 0.2) is 0 Å². The Morgan fingerprint density at radius 1 is 1.20 bits per heavy atom. The highest BCUT2D eigenvalue weighted by Crippen LogP contribution is 2.15. The summed E-state index contributed by atoms with van der Waals surface area (Å²) in [4.78, 5) is 16.0. The fraction of sp³-hybridized carbons (Fsp3) is 0.211. The van der Waals surface area contributed by atoms with Crippen LogP contribution in [0, 0.1) is 0 Å². The molecule has 0 aliphatic carbocycles. The molecule has 0 aliphatic rings. The van der Waals surface area contributed by atoms with Crippen LogP contribution < -0.4 is 10.1 Å². The summed E-state index contributed by atoms with van der Waals surface area (Å²) in [6.07, 6.45) is 5.73. The van der Waals surface area contributed by atoms with Crippen LogP contribution in [0.25, 0.3) is 11.3 Å². The minimum Gasteiger partial charge on any atom is -0.497 e. The average molecular weight is 336 g/mol. The summed E-state index contributed by atoms with van der Waals surface area (Å²) in [6.45, 7) is 1.15. The molecule has 0 spiro atoms. The normalized spacial score (nSPS) is 10.4. The number of methoxy groups -OCH3 is 1. The number of aromatic nitrogens is 3. The molecule has 2 aromatic heterocycles. The molecule has 0 atom stereocenters. The Kier molecular flexibility index (Phi) is 5.41. The van der Waals surface area contributed by atoms with Gasteiger partial charge in [-0.2, -0.15) is 5.10 Å². The summed E-state index contributed by atoms with van der Waals surface area (Å²) < 4.78 is 6.99. The maximum absolute atomic E-state index is 12.0. The highest BCUT2D eigenvalue weighted by atomic mass is 16.5. The number of carbonyl (C=O) groups excluding carboxylic acids is 1. The molecule has 2 heterocycles. The Morgan fingerprint density at radius 3 is 2.84 bits per heavy atom. The molecule has 0 saturated carbocycles. The monoisotopic (exact) mass is 336 g/mol. The molecule has 3 rings (SSSR count). The van der Waals surface area contributed by atoms with Crippen molar-refractivity contribution in [2.24, 2.45) is 0 Å². The Hall–Kier alpha value is -3.15. The summed E-state index contributed by atoms with van der Waals surface area (Å²) in [6, 6.07) is 13.3. The van der Waals surface area contributed by atoms with Gasteiger partial charge in [0.25, 0.3) is 0 Å². The lowest BCUT2D eigenvalue weighted by atomic mass is 10.1. The summed E-state index contributed by atoms with van der Waals surface area (Å²) in [5.41, 5.74) is 2.84. The lowest BCUT2D eigenvalue weighted by Gasteiger charge is -2.07. The number of benzene rings is 1. The van der Waals surface area contributed by atoms with Crippen LogP contribution >= 0.6 is 0 Å². The van der Waals surface area contributed by atoms with Gasteiger partial charge in [-0.05, 0) is 35.9 Å². The molecule has 1 N–H and O–H groups in total. The van der Waals surface area contributed by atoms with Gasteiger partial charge in [0, 0.05) is 30.7 Å². The summed E-state index contributed by atoms with van der Waals surface area (Å²) >= 11 is 0. The number of pyridine rings is 1. The second-order valence-corrected chi connectivity index (χ2v) is 5.58. The fourth-order valence-corrected chi connectivity index (χ4v) is 2.50. The van der Waals surface area contributed by atoms with Crippen LogP contribution in [-0.2, 0) is 17.8 Å². The van der Waals surface area contributed by atoms with Gasteiger partial charge >= 0.3 is 0 Å². The van der Waals surface area contributed by atoms with Gasteiger partial charge in [-0.15, -0.1) is 0 Å². The number of ether oxygens (including phenoxy) is 1. The number of hydrogen-bond donors (Lipinski definition) is 1. The fourth-order valence-electron chi connectivity index (χ4n) is 2.50. The van der Waals surface area contributed by atoms with Crippen LogP contribution in [-0.4, -0.2) is 34.3 Å². The van der Waals surface area contributed by atoms with E-state index in [-0.39, 0.29) is 5.91 Å². The topological polar surface area (TPSA) is 69.0 Å². The molecule has 0 radical (unpaired) electrons. The Bertz CT molecular complexity index is 830. The van der Waals surface area contributed by atoms with Gasteiger partial charge in [0.1, 0.15) is 5.75 Å². The molecule has 1 amide bonds. The summed E-state index contributed by atoms with van der Waals surface area (Å²) in [5.74, 6) is 0.736. The largest absolute Gasteiger partial charge is 0.497 e. The van der Waals surface area contributed by atoms with Crippen LogP contribution in [0.15, 0.2) is 61.1 Å². The van der Waals surface area contributed by atoms with Crippen molar-refractivity contribution < 1.29 is 9.53 Å². The van der Waals surface area contributed by atoms with E-state index in [0.717, 1.165) is 22.6 Å². The SMILES string of the molecule is COc1cccc(CC(=O)NCCn2ccc(-c3ccncc3)n2)c1. The van der Waals surface area contributed by atoms with Crippen molar-refractivity contribution in [1.82, 2.24) is 20.1 Å². The first-order valence-electron chi connectivity index (χ1n) is 8.08. The van der Waals surface area contributed by atoms with Crippen molar-refractivity contribution in [1.29, 1.82) is 0 Å².